The lowest BCUT2D eigenvalue weighted by atomic mass is 9.91. The molecule has 5 aromatic rings. The van der Waals surface area contributed by atoms with Gasteiger partial charge < -0.3 is 0 Å². The van der Waals surface area contributed by atoms with Crippen LogP contribution in [0.5, 0.6) is 0 Å². The number of amides is 1. The molecule has 3 aromatic carbocycles. The average molecular weight is 435 g/mol. The van der Waals surface area contributed by atoms with Crippen molar-refractivity contribution in [2.75, 3.05) is 5.43 Å². The van der Waals surface area contributed by atoms with Gasteiger partial charge in [-0.3, -0.25) is 15.0 Å². The fraction of sp³-hybridized carbons (Fsp3) is 0.0769. The molecule has 1 amide bonds. The molecule has 2 aromatic heterocycles. The van der Waals surface area contributed by atoms with Crippen LogP contribution in [-0.2, 0) is 4.79 Å². The number of aromatic nitrogens is 4. The lowest BCUT2D eigenvalue weighted by molar-refractivity contribution is -0.117. The van der Waals surface area contributed by atoms with Gasteiger partial charge in [0.05, 0.1) is 17.8 Å². The summed E-state index contributed by atoms with van der Waals surface area (Å²) >= 11 is 0. The maximum absolute atomic E-state index is 13.3. The first kappa shape index (κ1) is 20.4. The molecule has 0 bridgehead atoms. The van der Waals surface area contributed by atoms with E-state index in [9.17, 15) is 9.59 Å². The molecule has 162 valence electrons. The van der Waals surface area contributed by atoms with Gasteiger partial charge in [-0.15, -0.1) is 0 Å². The van der Waals surface area contributed by atoms with E-state index in [0.29, 0.717) is 11.0 Å². The predicted molar refractivity (Wildman–Crippen MR) is 127 cm³/mol. The van der Waals surface area contributed by atoms with Crippen LogP contribution in [0.15, 0.2) is 102 Å². The van der Waals surface area contributed by atoms with Gasteiger partial charge in [0, 0.05) is 0 Å². The highest BCUT2D eigenvalue weighted by molar-refractivity contribution is 5.93. The minimum atomic E-state index is -0.578. The molecule has 2 heterocycles. The third kappa shape index (κ3) is 3.92. The van der Waals surface area contributed by atoms with Crippen molar-refractivity contribution in [2.24, 2.45) is 0 Å². The molecule has 0 aliphatic heterocycles. The summed E-state index contributed by atoms with van der Waals surface area (Å²) in [5.74, 6) is -0.910. The topological polar surface area (TPSA) is 81.8 Å². The molecule has 0 saturated carbocycles. The van der Waals surface area contributed by atoms with Crippen LogP contribution in [0.1, 0.15) is 22.6 Å². The number of carbonyl (C=O) groups excluding carboxylic acids is 1. The molecule has 7 nitrogen and oxygen atoms in total. The number of carbonyl (C=O) groups is 1. The molecular weight excluding hydrogens is 414 g/mol. The van der Waals surface area contributed by atoms with E-state index in [1.54, 1.807) is 4.68 Å². The highest BCUT2D eigenvalue weighted by Crippen LogP contribution is 2.25. The number of nitrogens with zero attached hydrogens (tertiary/aromatic N) is 4. The molecule has 33 heavy (non-hydrogen) atoms. The maximum atomic E-state index is 13.3. The Labute approximate surface area is 189 Å². The molecule has 0 atom stereocenters. The fourth-order valence-corrected chi connectivity index (χ4v) is 3.84. The summed E-state index contributed by atoms with van der Waals surface area (Å²) in [6.45, 7) is 2.00. The summed E-state index contributed by atoms with van der Waals surface area (Å²) < 4.78 is 2.73. The SMILES string of the molecule is Cc1ccc(-n2ncc3c(=O)n(NC(=O)C(c4ccccc4)c4ccccc4)cnc32)cc1. The van der Waals surface area contributed by atoms with Crippen LogP contribution in [-0.4, -0.2) is 25.3 Å². The van der Waals surface area contributed by atoms with E-state index in [0.717, 1.165) is 27.1 Å². The number of rotatable bonds is 5. The first-order valence-corrected chi connectivity index (χ1v) is 10.5. The zero-order chi connectivity index (χ0) is 22.8. The van der Waals surface area contributed by atoms with Crippen molar-refractivity contribution in [1.29, 1.82) is 0 Å². The van der Waals surface area contributed by atoms with Crippen molar-refractivity contribution in [2.45, 2.75) is 12.8 Å². The third-order valence-corrected chi connectivity index (χ3v) is 5.53. The second kappa shape index (κ2) is 8.55. The maximum Gasteiger partial charge on any atom is 0.283 e. The monoisotopic (exact) mass is 435 g/mol. The van der Waals surface area contributed by atoms with Crippen molar-refractivity contribution in [1.82, 2.24) is 19.4 Å². The minimum Gasteiger partial charge on any atom is -0.272 e. The predicted octanol–water partition coefficient (Wildman–Crippen LogP) is 3.79. The van der Waals surface area contributed by atoms with Crippen molar-refractivity contribution in [3.8, 4) is 5.69 Å². The summed E-state index contributed by atoms with van der Waals surface area (Å²) in [6.07, 6.45) is 2.79. The summed E-state index contributed by atoms with van der Waals surface area (Å²) in [5.41, 5.74) is 6.34. The number of aryl methyl sites for hydroxylation is 1. The average Bonchev–Trinajstić information content (AvgIpc) is 3.28. The Bertz CT molecular complexity index is 1430. The van der Waals surface area contributed by atoms with Crippen molar-refractivity contribution >= 4 is 16.9 Å². The molecule has 0 radical (unpaired) electrons. The molecule has 0 saturated heterocycles. The minimum absolute atomic E-state index is 0.314. The van der Waals surface area contributed by atoms with Crippen LogP contribution in [0.2, 0.25) is 0 Å². The van der Waals surface area contributed by atoms with E-state index in [2.05, 4.69) is 15.5 Å². The molecule has 1 N–H and O–H groups in total. The quantitative estimate of drug-likeness (QED) is 0.455. The van der Waals surface area contributed by atoms with Crippen LogP contribution in [0.25, 0.3) is 16.7 Å². The van der Waals surface area contributed by atoms with E-state index in [4.69, 9.17) is 0 Å². The summed E-state index contributed by atoms with van der Waals surface area (Å²) in [6, 6.07) is 26.7. The first-order valence-electron chi connectivity index (χ1n) is 10.5. The van der Waals surface area contributed by atoms with Gasteiger partial charge in [0.25, 0.3) is 11.5 Å². The van der Waals surface area contributed by atoms with Crippen LogP contribution in [0.3, 0.4) is 0 Å². The lowest BCUT2D eigenvalue weighted by Crippen LogP contribution is -2.36. The molecule has 0 unspecified atom stereocenters. The van der Waals surface area contributed by atoms with Gasteiger partial charge in [0.15, 0.2) is 5.65 Å². The molecule has 0 aliphatic rings. The number of hydrogen-bond donors (Lipinski definition) is 1. The standard InChI is InChI=1S/C26H21N5O2/c1-18-12-14-21(15-13-18)31-24-22(16-28-31)26(33)30(17-27-24)29-25(32)23(19-8-4-2-5-9-19)20-10-6-3-7-11-20/h2-17,23H,1H3,(H,29,32). The highest BCUT2D eigenvalue weighted by Gasteiger charge is 2.23. The number of fused-ring (bicyclic) bond motifs is 1. The van der Waals surface area contributed by atoms with Gasteiger partial charge in [-0.1, -0.05) is 78.4 Å². The number of nitrogens with one attached hydrogen (secondary N) is 1. The highest BCUT2D eigenvalue weighted by atomic mass is 16.2. The Hall–Kier alpha value is -4.52. The van der Waals surface area contributed by atoms with Crippen LogP contribution in [0.4, 0.5) is 0 Å². The zero-order valence-electron chi connectivity index (χ0n) is 17.9. The summed E-state index contributed by atoms with van der Waals surface area (Å²) in [5, 5.41) is 4.65. The summed E-state index contributed by atoms with van der Waals surface area (Å²) in [4.78, 5) is 30.9. The van der Waals surface area contributed by atoms with E-state index < -0.39 is 11.5 Å². The van der Waals surface area contributed by atoms with E-state index >= 15 is 0 Å². The Kier molecular flexibility index (Phi) is 5.28. The normalized spacial score (nSPS) is 11.1. The first-order chi connectivity index (χ1) is 16.1. The Balaban J connectivity index is 1.50. The Morgan fingerprint density at radius 2 is 1.48 bits per heavy atom. The Morgan fingerprint density at radius 1 is 0.879 bits per heavy atom. The van der Waals surface area contributed by atoms with E-state index in [1.807, 2.05) is 91.9 Å². The number of benzene rings is 3. The van der Waals surface area contributed by atoms with Gasteiger partial charge in [0.2, 0.25) is 0 Å². The lowest BCUT2D eigenvalue weighted by Gasteiger charge is -2.18. The third-order valence-electron chi connectivity index (χ3n) is 5.53. The van der Waals surface area contributed by atoms with Gasteiger partial charge >= 0.3 is 0 Å². The van der Waals surface area contributed by atoms with Gasteiger partial charge in [-0.2, -0.15) is 5.10 Å². The van der Waals surface area contributed by atoms with Crippen LogP contribution < -0.4 is 11.0 Å². The largest absolute Gasteiger partial charge is 0.283 e. The van der Waals surface area contributed by atoms with Crippen LogP contribution >= 0.6 is 0 Å². The molecule has 5 rings (SSSR count). The zero-order valence-corrected chi connectivity index (χ0v) is 17.9. The molecule has 0 aliphatic carbocycles. The number of hydrogen-bond acceptors (Lipinski definition) is 4. The molecule has 7 heteroatoms. The Morgan fingerprint density at radius 3 is 2.09 bits per heavy atom. The van der Waals surface area contributed by atoms with Crippen molar-refractivity contribution in [3.05, 3.63) is 124 Å². The van der Waals surface area contributed by atoms with E-state index in [-0.39, 0.29) is 5.91 Å². The van der Waals surface area contributed by atoms with Gasteiger partial charge in [-0.25, -0.2) is 14.3 Å². The second-order valence-electron chi connectivity index (χ2n) is 7.78. The van der Waals surface area contributed by atoms with Gasteiger partial charge in [-0.05, 0) is 30.2 Å². The molecular formula is C26H21N5O2. The second-order valence-corrected chi connectivity index (χ2v) is 7.78. The van der Waals surface area contributed by atoms with Crippen molar-refractivity contribution < 1.29 is 4.79 Å². The fourth-order valence-electron chi connectivity index (χ4n) is 3.84. The molecule has 0 spiro atoms. The van der Waals surface area contributed by atoms with Gasteiger partial charge in [0.1, 0.15) is 11.7 Å². The van der Waals surface area contributed by atoms with Crippen molar-refractivity contribution in [3.63, 3.8) is 0 Å². The van der Waals surface area contributed by atoms with E-state index in [1.165, 1.54) is 12.5 Å². The molecule has 0 fully saturated rings. The smallest absolute Gasteiger partial charge is 0.272 e. The van der Waals surface area contributed by atoms with Crippen LogP contribution in [0, 0.1) is 6.92 Å². The summed E-state index contributed by atoms with van der Waals surface area (Å²) in [7, 11) is 0.